The van der Waals surface area contributed by atoms with E-state index in [1.54, 1.807) is 36.0 Å². The van der Waals surface area contributed by atoms with Crippen LogP contribution in [-0.2, 0) is 10.0 Å². The van der Waals surface area contributed by atoms with Crippen LogP contribution in [0.5, 0.6) is 5.75 Å². The maximum absolute atomic E-state index is 12.2. The molecule has 1 fully saturated rings. The summed E-state index contributed by atoms with van der Waals surface area (Å²) < 4.78 is 31.1. The average molecular weight is 259 g/mol. The Morgan fingerprint density at radius 3 is 2.75 bits per heavy atom. The van der Waals surface area contributed by atoms with Gasteiger partial charge in [0, 0.05) is 12.3 Å². The Kier molecular flexibility index (Phi) is 3.41. The number of hydrogen-bond donors (Lipinski definition) is 0. The zero-order chi connectivity index (χ0) is 11.6. The third-order valence-electron chi connectivity index (χ3n) is 2.41. The number of thioether (sulfide) groups is 1. The maximum Gasteiger partial charge on any atom is 0.247 e. The lowest BCUT2D eigenvalue weighted by atomic mass is 10.3. The highest BCUT2D eigenvalue weighted by Crippen LogP contribution is 2.29. The van der Waals surface area contributed by atoms with Gasteiger partial charge in [0.1, 0.15) is 10.6 Å². The van der Waals surface area contributed by atoms with E-state index in [9.17, 15) is 8.42 Å². The third-order valence-corrected chi connectivity index (χ3v) is 5.42. The normalized spacial score (nSPS) is 17.6. The van der Waals surface area contributed by atoms with Crippen molar-refractivity contribution in [2.45, 2.75) is 4.90 Å². The highest BCUT2D eigenvalue weighted by molar-refractivity contribution is 8.00. The molecule has 4 nitrogen and oxygen atoms in total. The Hall–Kier alpha value is -0.720. The van der Waals surface area contributed by atoms with Crippen LogP contribution in [-0.4, -0.2) is 38.0 Å². The predicted octanol–water partition coefficient (Wildman–Crippen LogP) is 1.39. The molecule has 6 heteroatoms. The fourth-order valence-electron chi connectivity index (χ4n) is 1.56. The van der Waals surface area contributed by atoms with E-state index in [1.807, 2.05) is 0 Å². The molecule has 0 bridgehead atoms. The van der Waals surface area contributed by atoms with Gasteiger partial charge in [0.05, 0.1) is 13.0 Å². The fourth-order valence-corrected chi connectivity index (χ4v) is 4.53. The molecule has 1 aliphatic rings. The van der Waals surface area contributed by atoms with E-state index in [2.05, 4.69) is 0 Å². The first-order valence-corrected chi connectivity index (χ1v) is 7.46. The Morgan fingerprint density at radius 1 is 1.38 bits per heavy atom. The molecule has 0 saturated carbocycles. The molecule has 0 N–H and O–H groups in total. The molecular weight excluding hydrogens is 246 g/mol. The molecule has 0 unspecified atom stereocenters. The molecule has 0 radical (unpaired) electrons. The fraction of sp³-hybridized carbons (Fsp3) is 0.400. The number of ether oxygens (including phenoxy) is 1. The Balaban J connectivity index is 2.42. The van der Waals surface area contributed by atoms with E-state index in [-0.39, 0.29) is 4.90 Å². The molecule has 1 aliphatic heterocycles. The van der Waals surface area contributed by atoms with Crippen molar-refractivity contribution in [2.75, 3.05) is 25.3 Å². The smallest absolute Gasteiger partial charge is 0.247 e. The Labute approximate surface area is 99.6 Å². The molecular formula is C10H13NO3S2. The van der Waals surface area contributed by atoms with Gasteiger partial charge in [-0.1, -0.05) is 12.1 Å². The first-order valence-electron chi connectivity index (χ1n) is 4.87. The van der Waals surface area contributed by atoms with E-state index in [0.29, 0.717) is 18.2 Å². The summed E-state index contributed by atoms with van der Waals surface area (Å²) in [6.45, 7) is 0.574. The number of methoxy groups -OCH3 is 1. The summed E-state index contributed by atoms with van der Waals surface area (Å²) in [7, 11) is -1.91. The van der Waals surface area contributed by atoms with Gasteiger partial charge >= 0.3 is 0 Å². The van der Waals surface area contributed by atoms with E-state index >= 15 is 0 Å². The molecule has 1 saturated heterocycles. The standard InChI is InChI=1S/C10H13NO3S2/c1-14-9-4-2-3-5-10(9)16(12,13)11-6-7-15-8-11/h2-5H,6-8H2,1H3. The van der Waals surface area contributed by atoms with E-state index in [1.165, 1.54) is 11.4 Å². The molecule has 16 heavy (non-hydrogen) atoms. The van der Waals surface area contributed by atoms with Gasteiger partial charge < -0.3 is 4.74 Å². The molecule has 0 atom stereocenters. The molecule has 0 aromatic heterocycles. The number of benzene rings is 1. The van der Waals surface area contributed by atoms with E-state index in [0.717, 1.165) is 5.75 Å². The molecule has 1 heterocycles. The SMILES string of the molecule is COc1ccccc1S(=O)(=O)N1CCSC1. The first-order chi connectivity index (χ1) is 7.66. The van der Waals surface area contributed by atoms with Gasteiger partial charge in [0.15, 0.2) is 0 Å². The molecule has 2 rings (SSSR count). The monoisotopic (exact) mass is 259 g/mol. The second-order valence-corrected chi connectivity index (χ2v) is 6.35. The van der Waals surface area contributed by atoms with Crippen LogP contribution in [0.1, 0.15) is 0 Å². The lowest BCUT2D eigenvalue weighted by Crippen LogP contribution is -2.28. The lowest BCUT2D eigenvalue weighted by Gasteiger charge is -2.16. The van der Waals surface area contributed by atoms with Gasteiger partial charge in [-0.2, -0.15) is 4.31 Å². The van der Waals surface area contributed by atoms with Gasteiger partial charge in [0.25, 0.3) is 0 Å². The zero-order valence-electron chi connectivity index (χ0n) is 8.92. The van der Waals surface area contributed by atoms with Gasteiger partial charge in [-0.25, -0.2) is 8.42 Å². The van der Waals surface area contributed by atoms with Crippen molar-refractivity contribution in [1.29, 1.82) is 0 Å². The zero-order valence-corrected chi connectivity index (χ0v) is 10.6. The van der Waals surface area contributed by atoms with Crippen LogP contribution in [0, 0.1) is 0 Å². The average Bonchev–Trinajstić information content (AvgIpc) is 2.83. The van der Waals surface area contributed by atoms with E-state index in [4.69, 9.17) is 4.74 Å². The minimum atomic E-state index is -3.39. The number of para-hydroxylation sites is 1. The summed E-state index contributed by atoms with van der Waals surface area (Å²) in [4.78, 5) is 0.250. The third kappa shape index (κ3) is 2.05. The van der Waals surface area contributed by atoms with Crippen molar-refractivity contribution < 1.29 is 13.2 Å². The highest BCUT2D eigenvalue weighted by atomic mass is 32.2. The molecule has 1 aromatic carbocycles. The van der Waals surface area contributed by atoms with Gasteiger partial charge in [-0.3, -0.25) is 0 Å². The summed E-state index contributed by atoms with van der Waals surface area (Å²) in [5, 5.41) is 0. The summed E-state index contributed by atoms with van der Waals surface area (Å²) in [5.41, 5.74) is 0. The summed E-state index contributed by atoms with van der Waals surface area (Å²) in [6, 6.07) is 6.71. The Bertz CT molecular complexity index is 467. The summed E-state index contributed by atoms with van der Waals surface area (Å²) >= 11 is 1.62. The molecule has 0 amide bonds. The van der Waals surface area contributed by atoms with Crippen molar-refractivity contribution in [3.63, 3.8) is 0 Å². The van der Waals surface area contributed by atoms with Crippen LogP contribution in [0.3, 0.4) is 0 Å². The highest BCUT2D eigenvalue weighted by Gasteiger charge is 2.29. The van der Waals surface area contributed by atoms with E-state index < -0.39 is 10.0 Å². The van der Waals surface area contributed by atoms with Crippen molar-refractivity contribution in [3.8, 4) is 5.75 Å². The predicted molar refractivity (Wildman–Crippen MR) is 64.2 cm³/mol. The first kappa shape index (κ1) is 11.8. The maximum atomic E-state index is 12.2. The van der Waals surface area contributed by atoms with Crippen LogP contribution >= 0.6 is 11.8 Å². The van der Waals surface area contributed by atoms with Gasteiger partial charge in [-0.15, -0.1) is 11.8 Å². The molecule has 0 spiro atoms. The quantitative estimate of drug-likeness (QED) is 0.823. The minimum absolute atomic E-state index is 0.250. The topological polar surface area (TPSA) is 46.6 Å². The second-order valence-electron chi connectivity index (χ2n) is 3.37. The minimum Gasteiger partial charge on any atom is -0.495 e. The van der Waals surface area contributed by atoms with Crippen LogP contribution in [0.4, 0.5) is 0 Å². The summed E-state index contributed by atoms with van der Waals surface area (Å²) in [6.07, 6.45) is 0. The van der Waals surface area contributed by atoms with Crippen molar-refractivity contribution in [3.05, 3.63) is 24.3 Å². The van der Waals surface area contributed by atoms with Gasteiger partial charge in [-0.05, 0) is 12.1 Å². The lowest BCUT2D eigenvalue weighted by molar-refractivity contribution is 0.399. The second kappa shape index (κ2) is 4.65. The molecule has 0 aliphatic carbocycles. The van der Waals surface area contributed by atoms with Crippen molar-refractivity contribution >= 4 is 21.8 Å². The summed E-state index contributed by atoms with van der Waals surface area (Å²) in [5.74, 6) is 1.79. The number of hydrogen-bond acceptors (Lipinski definition) is 4. The number of nitrogens with zero attached hydrogens (tertiary/aromatic N) is 1. The largest absolute Gasteiger partial charge is 0.495 e. The molecule has 1 aromatic rings. The molecule has 88 valence electrons. The van der Waals surface area contributed by atoms with Gasteiger partial charge in [0.2, 0.25) is 10.0 Å². The number of sulfonamides is 1. The number of rotatable bonds is 3. The Morgan fingerprint density at radius 2 is 2.12 bits per heavy atom. The van der Waals surface area contributed by atoms with Crippen molar-refractivity contribution in [2.24, 2.45) is 0 Å². The van der Waals surface area contributed by atoms with Crippen LogP contribution in [0.25, 0.3) is 0 Å². The van der Waals surface area contributed by atoms with Crippen LogP contribution in [0.15, 0.2) is 29.2 Å². The van der Waals surface area contributed by atoms with Crippen molar-refractivity contribution in [1.82, 2.24) is 4.31 Å². The van der Waals surface area contributed by atoms with Crippen LogP contribution < -0.4 is 4.74 Å². The van der Waals surface area contributed by atoms with Crippen LogP contribution in [0.2, 0.25) is 0 Å².